The Morgan fingerprint density at radius 3 is 2.64 bits per heavy atom. The lowest BCUT2D eigenvalue weighted by molar-refractivity contribution is 0.178. The second-order valence-corrected chi connectivity index (χ2v) is 8.71. The average molecular weight is 385 g/mol. The molecule has 2 amide bonds. The summed E-state index contributed by atoms with van der Waals surface area (Å²) in [5.41, 5.74) is 1.80. The Morgan fingerprint density at radius 2 is 1.93 bits per heavy atom. The third-order valence-corrected chi connectivity index (χ3v) is 5.79. The fourth-order valence-electron chi connectivity index (χ4n) is 4.41. The molecule has 0 saturated carbocycles. The second kappa shape index (κ2) is 7.15. The molecule has 1 fully saturated rings. The van der Waals surface area contributed by atoms with Gasteiger partial charge in [0.2, 0.25) is 0 Å². The van der Waals surface area contributed by atoms with Crippen molar-refractivity contribution in [2.45, 2.75) is 39.7 Å². The zero-order valence-corrected chi connectivity index (χ0v) is 16.8. The summed E-state index contributed by atoms with van der Waals surface area (Å²) >= 11 is 0. The SMILES string of the molecule is Cc1cc2c(o1)CC(C)(C)CC2NC(=O)N1CCN(c2ccccc2F)CC1. The number of amides is 2. The Hall–Kier alpha value is -2.50. The lowest BCUT2D eigenvalue weighted by atomic mass is 9.75. The summed E-state index contributed by atoms with van der Waals surface area (Å²) in [6, 6.07) is 8.76. The molecule has 0 radical (unpaired) electrons. The molecule has 1 aliphatic heterocycles. The minimum atomic E-state index is -0.215. The fourth-order valence-corrected chi connectivity index (χ4v) is 4.41. The van der Waals surface area contributed by atoms with E-state index < -0.39 is 0 Å². The van der Waals surface area contributed by atoms with Crippen LogP contribution in [0.1, 0.15) is 43.4 Å². The second-order valence-electron chi connectivity index (χ2n) is 8.71. The Kier molecular flexibility index (Phi) is 4.81. The molecule has 1 aromatic heterocycles. The van der Waals surface area contributed by atoms with E-state index in [4.69, 9.17) is 4.42 Å². The van der Waals surface area contributed by atoms with Crippen LogP contribution in [0, 0.1) is 18.2 Å². The first-order valence-corrected chi connectivity index (χ1v) is 9.96. The Morgan fingerprint density at radius 1 is 1.21 bits per heavy atom. The summed E-state index contributed by atoms with van der Waals surface area (Å²) in [6.07, 6.45) is 1.78. The molecule has 4 rings (SSSR count). The number of hydrogen-bond acceptors (Lipinski definition) is 3. The van der Waals surface area contributed by atoms with Crippen LogP contribution in [0.3, 0.4) is 0 Å². The van der Waals surface area contributed by atoms with Gasteiger partial charge >= 0.3 is 6.03 Å². The van der Waals surface area contributed by atoms with Crippen molar-refractivity contribution in [3.05, 3.63) is 53.2 Å². The van der Waals surface area contributed by atoms with Crippen LogP contribution in [0.4, 0.5) is 14.9 Å². The summed E-state index contributed by atoms with van der Waals surface area (Å²) in [5, 5.41) is 3.21. The van der Waals surface area contributed by atoms with Gasteiger partial charge in [0.25, 0.3) is 0 Å². The van der Waals surface area contributed by atoms with E-state index >= 15 is 0 Å². The summed E-state index contributed by atoms with van der Waals surface area (Å²) in [6.45, 7) is 8.77. The van der Waals surface area contributed by atoms with Crippen LogP contribution in [0.5, 0.6) is 0 Å². The number of nitrogens with zero attached hydrogens (tertiary/aromatic N) is 2. The fraction of sp³-hybridized carbons (Fsp3) is 0.500. The molecule has 150 valence electrons. The maximum absolute atomic E-state index is 14.0. The number of rotatable bonds is 2. The number of hydrogen-bond donors (Lipinski definition) is 1. The topological polar surface area (TPSA) is 48.7 Å². The van der Waals surface area contributed by atoms with E-state index in [0.717, 1.165) is 29.9 Å². The molecule has 6 heteroatoms. The molecule has 0 bridgehead atoms. The summed E-state index contributed by atoms with van der Waals surface area (Å²) < 4.78 is 19.9. The number of furan rings is 1. The van der Waals surface area contributed by atoms with Gasteiger partial charge in [0.1, 0.15) is 17.3 Å². The lowest BCUT2D eigenvalue weighted by Gasteiger charge is -2.39. The number of para-hydroxylation sites is 1. The van der Waals surface area contributed by atoms with Crippen molar-refractivity contribution in [3.63, 3.8) is 0 Å². The molecule has 0 spiro atoms. The molecule has 28 heavy (non-hydrogen) atoms. The number of aryl methyl sites for hydroxylation is 1. The highest BCUT2D eigenvalue weighted by molar-refractivity contribution is 5.75. The first kappa shape index (κ1) is 18.8. The monoisotopic (exact) mass is 385 g/mol. The molecule has 2 heterocycles. The molecule has 1 saturated heterocycles. The number of fused-ring (bicyclic) bond motifs is 1. The molecular weight excluding hydrogens is 357 g/mol. The molecule has 1 unspecified atom stereocenters. The van der Waals surface area contributed by atoms with Gasteiger partial charge in [-0.2, -0.15) is 0 Å². The predicted molar refractivity (Wildman–Crippen MR) is 107 cm³/mol. The van der Waals surface area contributed by atoms with Crippen LogP contribution in [0.15, 0.2) is 34.7 Å². The number of piperazine rings is 1. The van der Waals surface area contributed by atoms with Crippen molar-refractivity contribution in [1.82, 2.24) is 10.2 Å². The van der Waals surface area contributed by atoms with Gasteiger partial charge in [-0.05, 0) is 37.0 Å². The van der Waals surface area contributed by atoms with Crippen LogP contribution in [-0.2, 0) is 6.42 Å². The van der Waals surface area contributed by atoms with Crippen LogP contribution in [-0.4, -0.2) is 37.1 Å². The standard InChI is InChI=1S/C22H28FN3O2/c1-15-12-16-18(13-22(2,3)14-20(16)28-15)24-21(27)26-10-8-25(9-11-26)19-7-5-4-6-17(19)23/h4-7,12,18H,8-11,13-14H2,1-3H3,(H,24,27). The van der Waals surface area contributed by atoms with Crippen molar-refractivity contribution in [2.24, 2.45) is 5.41 Å². The summed E-state index contributed by atoms with van der Waals surface area (Å²) in [4.78, 5) is 16.7. The van der Waals surface area contributed by atoms with Crippen LogP contribution >= 0.6 is 0 Å². The highest BCUT2D eigenvalue weighted by Gasteiger charge is 2.36. The zero-order valence-electron chi connectivity index (χ0n) is 16.8. The maximum atomic E-state index is 14.0. The first-order valence-electron chi connectivity index (χ1n) is 9.96. The van der Waals surface area contributed by atoms with Crippen LogP contribution in [0.2, 0.25) is 0 Å². The number of nitrogens with one attached hydrogen (secondary N) is 1. The van der Waals surface area contributed by atoms with Crippen LogP contribution < -0.4 is 10.2 Å². The molecule has 1 aliphatic carbocycles. The summed E-state index contributed by atoms with van der Waals surface area (Å²) in [5.74, 6) is 1.66. The molecule has 2 aromatic rings. The number of carbonyl (C=O) groups is 1. The zero-order chi connectivity index (χ0) is 19.9. The van der Waals surface area contributed by atoms with Crippen molar-refractivity contribution in [3.8, 4) is 0 Å². The van der Waals surface area contributed by atoms with E-state index in [1.54, 1.807) is 12.1 Å². The molecule has 2 aliphatic rings. The number of anilines is 1. The molecule has 5 nitrogen and oxygen atoms in total. The maximum Gasteiger partial charge on any atom is 0.318 e. The molecule has 1 aromatic carbocycles. The Balaban J connectivity index is 1.40. The predicted octanol–water partition coefficient (Wildman–Crippen LogP) is 4.27. The quantitative estimate of drug-likeness (QED) is 0.840. The van der Waals surface area contributed by atoms with Gasteiger partial charge in [0, 0.05) is 38.2 Å². The van der Waals surface area contributed by atoms with Crippen molar-refractivity contribution in [2.75, 3.05) is 31.1 Å². The van der Waals surface area contributed by atoms with Gasteiger partial charge in [0.05, 0.1) is 11.7 Å². The van der Waals surface area contributed by atoms with E-state index in [-0.39, 0.29) is 23.3 Å². The van der Waals surface area contributed by atoms with Crippen molar-refractivity contribution in [1.29, 1.82) is 0 Å². The van der Waals surface area contributed by atoms with E-state index in [1.165, 1.54) is 6.07 Å². The van der Waals surface area contributed by atoms with E-state index in [2.05, 4.69) is 19.2 Å². The van der Waals surface area contributed by atoms with Gasteiger partial charge in [-0.3, -0.25) is 0 Å². The van der Waals surface area contributed by atoms with Gasteiger partial charge in [0.15, 0.2) is 0 Å². The Bertz CT molecular complexity index is 868. The average Bonchev–Trinajstić information content (AvgIpc) is 3.01. The van der Waals surface area contributed by atoms with E-state index in [0.29, 0.717) is 31.9 Å². The van der Waals surface area contributed by atoms with Crippen LogP contribution in [0.25, 0.3) is 0 Å². The number of benzene rings is 1. The number of halogens is 1. The first-order chi connectivity index (χ1) is 13.3. The lowest BCUT2D eigenvalue weighted by Crippen LogP contribution is -2.53. The molecular formula is C22H28FN3O2. The highest BCUT2D eigenvalue weighted by atomic mass is 19.1. The highest BCUT2D eigenvalue weighted by Crippen LogP contribution is 2.42. The van der Waals surface area contributed by atoms with E-state index in [9.17, 15) is 9.18 Å². The van der Waals surface area contributed by atoms with Gasteiger partial charge in [-0.1, -0.05) is 26.0 Å². The Labute approximate surface area is 165 Å². The third-order valence-electron chi connectivity index (χ3n) is 5.79. The van der Waals surface area contributed by atoms with Gasteiger partial charge in [-0.25, -0.2) is 9.18 Å². The third kappa shape index (κ3) is 3.73. The van der Waals surface area contributed by atoms with E-state index in [1.807, 2.05) is 28.9 Å². The summed E-state index contributed by atoms with van der Waals surface area (Å²) in [7, 11) is 0. The van der Waals surface area contributed by atoms with Gasteiger partial charge < -0.3 is 19.5 Å². The normalized spacial score (nSPS) is 21.4. The van der Waals surface area contributed by atoms with Crippen molar-refractivity contribution < 1.29 is 13.6 Å². The number of carbonyl (C=O) groups excluding carboxylic acids is 1. The minimum absolute atomic E-state index is 0.0340. The van der Waals surface area contributed by atoms with Crippen molar-refractivity contribution >= 4 is 11.7 Å². The molecule has 1 N–H and O–H groups in total. The largest absolute Gasteiger partial charge is 0.466 e. The van der Waals surface area contributed by atoms with Gasteiger partial charge in [-0.15, -0.1) is 0 Å². The minimum Gasteiger partial charge on any atom is -0.466 e. The smallest absolute Gasteiger partial charge is 0.318 e. The number of urea groups is 1. The molecule has 1 atom stereocenters.